The Morgan fingerprint density at radius 2 is 1.29 bits per heavy atom. The van der Waals surface area contributed by atoms with Crippen molar-refractivity contribution in [2.45, 2.75) is 33.6 Å². The third-order valence-electron chi connectivity index (χ3n) is 2.50. The van der Waals surface area contributed by atoms with Crippen LogP contribution in [0.5, 0.6) is 0 Å². The molecule has 1 saturated heterocycles. The summed E-state index contributed by atoms with van der Waals surface area (Å²) in [4.78, 5) is 2.38. The van der Waals surface area contributed by atoms with E-state index in [1.807, 2.05) is 0 Å². The number of hydrogen-bond acceptors (Lipinski definition) is 3. The van der Waals surface area contributed by atoms with E-state index in [4.69, 9.17) is 0 Å². The van der Waals surface area contributed by atoms with E-state index in [1.54, 1.807) is 0 Å². The van der Waals surface area contributed by atoms with Gasteiger partial charge in [-0.25, -0.2) is 8.42 Å². The van der Waals surface area contributed by atoms with E-state index in [2.05, 4.69) is 25.7 Å². The van der Waals surface area contributed by atoms with Gasteiger partial charge in [-0.15, -0.1) is 0 Å². The molecule has 0 aromatic rings. The molecule has 1 aliphatic heterocycles. The average Bonchev–Trinajstić information content (AvgIpc) is 2.54. The Kier molecular flexibility index (Phi) is 7.19. The van der Waals surface area contributed by atoms with Gasteiger partial charge < -0.3 is 4.90 Å². The first kappa shape index (κ1) is 13.9. The monoisotopic (exact) mass is 221 g/mol. The zero-order chi connectivity index (χ0) is 11.0. The molecule has 0 N–H and O–H groups in total. The second kappa shape index (κ2) is 7.23. The summed E-state index contributed by atoms with van der Waals surface area (Å²) in [6, 6.07) is 0. The van der Waals surface area contributed by atoms with Crippen LogP contribution in [0.4, 0.5) is 0 Å². The number of hydrogen-bond donors (Lipinski definition) is 0. The zero-order valence-electron chi connectivity index (χ0n) is 9.62. The van der Waals surface area contributed by atoms with Gasteiger partial charge in [-0.05, 0) is 32.5 Å². The Bertz CT molecular complexity index is 203. The van der Waals surface area contributed by atoms with Gasteiger partial charge in [0.2, 0.25) is 0 Å². The molecule has 0 radical (unpaired) electrons. The molecule has 0 aliphatic carbocycles. The SMILES string of the molecule is CCN(CC)CC.O=S1(=O)CCCC1. The molecule has 0 atom stereocenters. The average molecular weight is 221 g/mol. The van der Waals surface area contributed by atoms with E-state index < -0.39 is 9.84 Å². The normalized spacial score (nSPS) is 19.1. The third kappa shape index (κ3) is 6.38. The first-order valence-corrected chi connectivity index (χ1v) is 7.30. The highest BCUT2D eigenvalue weighted by molar-refractivity contribution is 7.91. The van der Waals surface area contributed by atoms with Gasteiger partial charge in [-0.1, -0.05) is 20.8 Å². The lowest BCUT2D eigenvalue weighted by Gasteiger charge is -2.13. The highest BCUT2D eigenvalue weighted by atomic mass is 32.2. The van der Waals surface area contributed by atoms with Gasteiger partial charge in [0.25, 0.3) is 0 Å². The molecular weight excluding hydrogens is 198 g/mol. The van der Waals surface area contributed by atoms with Crippen molar-refractivity contribution in [1.82, 2.24) is 4.90 Å². The highest BCUT2D eigenvalue weighted by Crippen LogP contribution is 2.08. The van der Waals surface area contributed by atoms with Crippen LogP contribution >= 0.6 is 0 Å². The minimum atomic E-state index is -2.55. The van der Waals surface area contributed by atoms with Gasteiger partial charge in [0, 0.05) is 0 Å². The van der Waals surface area contributed by atoms with Crippen LogP contribution in [0.2, 0.25) is 0 Å². The quantitative estimate of drug-likeness (QED) is 0.725. The van der Waals surface area contributed by atoms with Gasteiger partial charge in [0.1, 0.15) is 9.84 Å². The van der Waals surface area contributed by atoms with Gasteiger partial charge in [0.15, 0.2) is 0 Å². The molecular formula is C10H23NO2S. The first-order valence-electron chi connectivity index (χ1n) is 5.48. The molecule has 0 unspecified atom stereocenters. The van der Waals surface area contributed by atoms with E-state index in [0.29, 0.717) is 11.5 Å². The molecule has 0 bridgehead atoms. The fourth-order valence-corrected chi connectivity index (χ4v) is 2.91. The largest absolute Gasteiger partial charge is 0.304 e. The van der Waals surface area contributed by atoms with Crippen molar-refractivity contribution in [1.29, 1.82) is 0 Å². The van der Waals surface area contributed by atoms with Crippen molar-refractivity contribution in [3.63, 3.8) is 0 Å². The van der Waals surface area contributed by atoms with Crippen LogP contribution in [-0.2, 0) is 9.84 Å². The summed E-state index contributed by atoms with van der Waals surface area (Å²) in [6.07, 6.45) is 1.75. The summed E-state index contributed by atoms with van der Waals surface area (Å²) in [5, 5.41) is 0. The maximum atomic E-state index is 10.4. The van der Waals surface area contributed by atoms with Gasteiger partial charge in [0.05, 0.1) is 11.5 Å². The van der Waals surface area contributed by atoms with Crippen molar-refractivity contribution in [2.24, 2.45) is 0 Å². The second-order valence-electron chi connectivity index (χ2n) is 3.48. The maximum Gasteiger partial charge on any atom is 0.150 e. The smallest absolute Gasteiger partial charge is 0.150 e. The molecule has 0 saturated carbocycles. The van der Waals surface area contributed by atoms with E-state index in [-0.39, 0.29) is 0 Å². The lowest BCUT2D eigenvalue weighted by molar-refractivity contribution is 0.321. The fraction of sp³-hybridized carbons (Fsp3) is 1.00. The van der Waals surface area contributed by atoms with Gasteiger partial charge >= 0.3 is 0 Å². The van der Waals surface area contributed by atoms with Gasteiger partial charge in [-0.2, -0.15) is 0 Å². The molecule has 1 heterocycles. The lowest BCUT2D eigenvalue weighted by atomic mass is 10.4. The maximum absolute atomic E-state index is 10.4. The van der Waals surface area contributed by atoms with E-state index in [0.717, 1.165) is 12.8 Å². The molecule has 0 spiro atoms. The van der Waals surface area contributed by atoms with Crippen molar-refractivity contribution in [2.75, 3.05) is 31.1 Å². The Hall–Kier alpha value is -0.0900. The van der Waals surface area contributed by atoms with Crippen LogP contribution in [0, 0.1) is 0 Å². The summed E-state index contributed by atoms with van der Waals surface area (Å²) in [5.74, 6) is 0.847. The van der Waals surface area contributed by atoms with Crippen molar-refractivity contribution < 1.29 is 8.42 Å². The molecule has 3 nitrogen and oxygen atoms in total. The molecule has 1 rings (SSSR count). The first-order chi connectivity index (χ1) is 6.55. The van der Waals surface area contributed by atoms with Crippen LogP contribution in [0.25, 0.3) is 0 Å². The molecule has 0 aromatic carbocycles. The van der Waals surface area contributed by atoms with Crippen LogP contribution in [0.15, 0.2) is 0 Å². The summed E-state index contributed by atoms with van der Waals surface area (Å²) in [7, 11) is -2.55. The summed E-state index contributed by atoms with van der Waals surface area (Å²) >= 11 is 0. The van der Waals surface area contributed by atoms with Crippen molar-refractivity contribution >= 4 is 9.84 Å². The minimum absolute atomic E-state index is 0.424. The molecule has 14 heavy (non-hydrogen) atoms. The standard InChI is InChI=1S/C6H15N.C4H8O2S/c1-4-7(5-2)6-3;5-7(6)3-1-2-4-7/h4-6H2,1-3H3;1-4H2. The molecule has 1 aliphatic rings. The molecule has 4 heteroatoms. The Morgan fingerprint density at radius 3 is 1.36 bits per heavy atom. The minimum Gasteiger partial charge on any atom is -0.304 e. The predicted octanol–water partition coefficient (Wildman–Crippen LogP) is 1.54. The Balaban J connectivity index is 0.000000241. The van der Waals surface area contributed by atoms with E-state index in [9.17, 15) is 8.42 Å². The Morgan fingerprint density at radius 1 is 0.929 bits per heavy atom. The van der Waals surface area contributed by atoms with Crippen LogP contribution in [-0.4, -0.2) is 44.5 Å². The number of rotatable bonds is 3. The summed E-state index contributed by atoms with van der Waals surface area (Å²) < 4.78 is 20.9. The zero-order valence-corrected chi connectivity index (χ0v) is 10.4. The van der Waals surface area contributed by atoms with Crippen LogP contribution in [0.1, 0.15) is 33.6 Å². The molecule has 86 valence electrons. The fourth-order valence-electron chi connectivity index (χ4n) is 1.42. The number of sulfone groups is 1. The molecule has 1 fully saturated rings. The number of nitrogens with zero attached hydrogens (tertiary/aromatic N) is 1. The predicted molar refractivity (Wildman–Crippen MR) is 61.3 cm³/mol. The second-order valence-corrected chi connectivity index (χ2v) is 5.78. The van der Waals surface area contributed by atoms with E-state index in [1.165, 1.54) is 19.6 Å². The molecule has 0 amide bonds. The topological polar surface area (TPSA) is 37.4 Å². The lowest BCUT2D eigenvalue weighted by Crippen LogP contribution is -2.21. The van der Waals surface area contributed by atoms with Crippen molar-refractivity contribution in [3.05, 3.63) is 0 Å². The van der Waals surface area contributed by atoms with E-state index >= 15 is 0 Å². The third-order valence-corrected chi connectivity index (χ3v) is 4.32. The summed E-state index contributed by atoms with van der Waals surface area (Å²) in [6.45, 7) is 10.1. The molecule has 0 aromatic heterocycles. The van der Waals surface area contributed by atoms with Crippen LogP contribution < -0.4 is 0 Å². The highest BCUT2D eigenvalue weighted by Gasteiger charge is 2.16. The van der Waals surface area contributed by atoms with Gasteiger partial charge in [-0.3, -0.25) is 0 Å². The van der Waals surface area contributed by atoms with Crippen molar-refractivity contribution in [3.8, 4) is 0 Å². The van der Waals surface area contributed by atoms with Crippen LogP contribution in [0.3, 0.4) is 0 Å². The summed E-state index contributed by atoms with van der Waals surface area (Å²) in [5.41, 5.74) is 0. The Labute approximate surface area is 88.4 Å².